The summed E-state index contributed by atoms with van der Waals surface area (Å²) in [5.74, 6) is -0.351. The molecule has 3 unspecified atom stereocenters. The summed E-state index contributed by atoms with van der Waals surface area (Å²) in [5.41, 5.74) is 4.34. The van der Waals surface area contributed by atoms with Crippen molar-refractivity contribution in [2.24, 2.45) is 5.92 Å². The number of carbonyl (C=O) groups is 1. The zero-order valence-electron chi connectivity index (χ0n) is 29.6. The maximum Gasteiger partial charge on any atom is 0.277 e. The van der Waals surface area contributed by atoms with E-state index in [0.29, 0.717) is 0 Å². The van der Waals surface area contributed by atoms with Crippen molar-refractivity contribution in [2.75, 3.05) is 0 Å². The van der Waals surface area contributed by atoms with E-state index in [1.165, 1.54) is 55.2 Å². The minimum Gasteiger partial charge on any atom is -0.419 e. The average Bonchev–Trinajstić information content (AvgIpc) is 3.03. The van der Waals surface area contributed by atoms with Gasteiger partial charge in [-0.25, -0.2) is 0 Å². The molecule has 3 aromatic rings. The van der Waals surface area contributed by atoms with Crippen LogP contribution in [0.5, 0.6) is 0 Å². The topological polar surface area (TPSA) is 125 Å². The summed E-state index contributed by atoms with van der Waals surface area (Å²) >= 11 is 0. The van der Waals surface area contributed by atoms with Gasteiger partial charge in [0.05, 0.1) is 27.5 Å². The summed E-state index contributed by atoms with van der Waals surface area (Å²) in [6, 6.07) is 11.5. The van der Waals surface area contributed by atoms with Gasteiger partial charge in [-0.05, 0) is 98.4 Å². The standard InChI is InChI=1S/C38H53N3O6Si/c1-25-20-30-19-17-28-16-18-29(15-13-11-9-7-8-10-12-14-27(3)48-47-38(4,5)6)36(35(28)34(30)21-26(25)2)39-37(42)31-22-32(40(43)44)24-33(23-31)41(45)46/h17,19-24,27,29,36H,7-16,18,48H2,1-6H3,(H,39,42). The number of nitro benzene ring substituents is 2. The Morgan fingerprint density at radius 2 is 1.52 bits per heavy atom. The van der Waals surface area contributed by atoms with Gasteiger partial charge in [0, 0.05) is 17.7 Å². The quantitative estimate of drug-likeness (QED) is 0.0698. The van der Waals surface area contributed by atoms with Gasteiger partial charge >= 0.3 is 0 Å². The van der Waals surface area contributed by atoms with Crippen LogP contribution in [0.2, 0.25) is 5.54 Å². The van der Waals surface area contributed by atoms with E-state index in [-0.39, 0.29) is 23.1 Å². The molecule has 48 heavy (non-hydrogen) atoms. The Balaban J connectivity index is 1.43. The summed E-state index contributed by atoms with van der Waals surface area (Å²) in [6.45, 7) is 12.9. The van der Waals surface area contributed by atoms with Crippen LogP contribution < -0.4 is 5.32 Å². The Morgan fingerprint density at radius 1 is 0.917 bits per heavy atom. The zero-order chi connectivity index (χ0) is 35.0. The third kappa shape index (κ3) is 10.2. The van der Waals surface area contributed by atoms with E-state index in [1.807, 2.05) is 0 Å². The third-order valence-corrected chi connectivity index (χ3v) is 11.8. The van der Waals surface area contributed by atoms with E-state index in [1.54, 1.807) is 0 Å². The van der Waals surface area contributed by atoms with Crippen molar-refractivity contribution in [3.05, 3.63) is 90.5 Å². The molecule has 0 spiro atoms. The van der Waals surface area contributed by atoms with E-state index in [4.69, 9.17) is 4.43 Å². The Labute approximate surface area is 287 Å². The Bertz CT molecular complexity index is 1590. The molecular formula is C38H53N3O6Si. The highest BCUT2D eigenvalue weighted by atomic mass is 28.2. The number of aryl methyl sites for hydroxylation is 3. The number of benzene rings is 3. The third-order valence-electron chi connectivity index (χ3n) is 9.78. The molecule has 3 atom stereocenters. The normalized spacial score (nSPS) is 17.0. The molecule has 9 nitrogen and oxygen atoms in total. The van der Waals surface area contributed by atoms with Gasteiger partial charge in [0.25, 0.3) is 17.3 Å². The van der Waals surface area contributed by atoms with E-state index < -0.39 is 36.9 Å². The monoisotopic (exact) mass is 675 g/mol. The number of non-ortho nitro benzene ring substituents is 2. The van der Waals surface area contributed by atoms with Gasteiger partial charge in [-0.1, -0.05) is 82.6 Å². The van der Waals surface area contributed by atoms with Gasteiger partial charge in [-0.15, -0.1) is 0 Å². The lowest BCUT2D eigenvalue weighted by atomic mass is 9.75. The van der Waals surface area contributed by atoms with E-state index in [2.05, 4.69) is 71.1 Å². The predicted molar refractivity (Wildman–Crippen MR) is 196 cm³/mol. The number of nitro groups is 2. The minimum atomic E-state index is -0.702. The van der Waals surface area contributed by atoms with Crippen LogP contribution >= 0.6 is 0 Å². The molecule has 3 aromatic carbocycles. The van der Waals surface area contributed by atoms with Crippen LogP contribution in [0.3, 0.4) is 0 Å². The molecule has 0 saturated heterocycles. The minimum absolute atomic E-state index is 0.0205. The molecule has 10 heteroatoms. The fourth-order valence-electron chi connectivity index (χ4n) is 6.91. The lowest BCUT2D eigenvalue weighted by Crippen LogP contribution is -2.36. The summed E-state index contributed by atoms with van der Waals surface area (Å²) in [4.78, 5) is 35.4. The fraction of sp³-hybridized carbons (Fsp3) is 0.553. The Kier molecular flexibility index (Phi) is 12.9. The molecule has 260 valence electrons. The first-order valence-electron chi connectivity index (χ1n) is 17.6. The summed E-state index contributed by atoms with van der Waals surface area (Å²) in [5, 5.41) is 28.5. The lowest BCUT2D eigenvalue weighted by Gasteiger charge is -2.35. The van der Waals surface area contributed by atoms with Crippen molar-refractivity contribution >= 4 is 37.8 Å². The fourth-order valence-corrected chi connectivity index (χ4v) is 8.15. The molecule has 0 heterocycles. The molecule has 0 bridgehead atoms. The molecular weight excluding hydrogens is 623 g/mol. The summed E-state index contributed by atoms with van der Waals surface area (Å²) in [6.07, 6.45) is 12.5. The van der Waals surface area contributed by atoms with Crippen LogP contribution in [0.1, 0.15) is 131 Å². The predicted octanol–water partition coefficient (Wildman–Crippen LogP) is 9.52. The second kappa shape index (κ2) is 16.7. The van der Waals surface area contributed by atoms with Gasteiger partial charge in [-0.2, -0.15) is 0 Å². The molecule has 0 aromatic heterocycles. The van der Waals surface area contributed by atoms with Crippen molar-refractivity contribution in [3.8, 4) is 0 Å². The first kappa shape index (κ1) is 37.2. The zero-order valence-corrected chi connectivity index (χ0v) is 31.0. The number of nitrogens with one attached hydrogen (secondary N) is 1. The summed E-state index contributed by atoms with van der Waals surface area (Å²) < 4.78 is 6.06. The highest BCUT2D eigenvalue weighted by Crippen LogP contribution is 2.42. The molecule has 0 aliphatic heterocycles. The van der Waals surface area contributed by atoms with E-state index in [0.717, 1.165) is 72.2 Å². The molecule has 1 aliphatic carbocycles. The number of carbonyl (C=O) groups excluding carboxylic acids is 1. The first-order chi connectivity index (χ1) is 22.7. The maximum absolute atomic E-state index is 13.7. The smallest absolute Gasteiger partial charge is 0.277 e. The second-order valence-corrected chi connectivity index (χ2v) is 16.9. The van der Waals surface area contributed by atoms with Crippen molar-refractivity contribution in [3.63, 3.8) is 0 Å². The molecule has 0 saturated carbocycles. The Morgan fingerprint density at radius 3 is 2.15 bits per heavy atom. The number of unbranched alkanes of at least 4 members (excludes halogenated alkanes) is 6. The number of hydrogen-bond acceptors (Lipinski definition) is 6. The van der Waals surface area contributed by atoms with Crippen LogP contribution in [0.15, 0.2) is 42.5 Å². The second-order valence-electron chi connectivity index (χ2n) is 14.9. The number of amides is 1. The van der Waals surface area contributed by atoms with Crippen molar-refractivity contribution in [1.29, 1.82) is 0 Å². The molecule has 1 amide bonds. The highest BCUT2D eigenvalue weighted by Gasteiger charge is 2.33. The van der Waals surface area contributed by atoms with Gasteiger partial charge in [0.2, 0.25) is 0 Å². The van der Waals surface area contributed by atoms with Crippen molar-refractivity contribution in [2.45, 2.75) is 129 Å². The van der Waals surface area contributed by atoms with Crippen LogP contribution in [0.4, 0.5) is 11.4 Å². The van der Waals surface area contributed by atoms with Gasteiger partial charge in [0.1, 0.15) is 0 Å². The van der Waals surface area contributed by atoms with Crippen LogP contribution in [-0.2, 0) is 10.8 Å². The maximum atomic E-state index is 13.7. The lowest BCUT2D eigenvalue weighted by molar-refractivity contribution is -0.394. The number of rotatable bonds is 16. The Hall–Kier alpha value is -3.63. The molecule has 0 fully saturated rings. The number of hydrogen-bond donors (Lipinski definition) is 1. The van der Waals surface area contributed by atoms with Crippen molar-refractivity contribution in [1.82, 2.24) is 5.32 Å². The number of nitrogens with zero attached hydrogens (tertiary/aromatic N) is 2. The average molecular weight is 676 g/mol. The van der Waals surface area contributed by atoms with Crippen LogP contribution in [0, 0.1) is 40.0 Å². The molecule has 1 aliphatic rings. The summed E-state index contributed by atoms with van der Waals surface area (Å²) in [7, 11) is -0.481. The van der Waals surface area contributed by atoms with E-state index in [9.17, 15) is 25.0 Å². The van der Waals surface area contributed by atoms with Crippen LogP contribution in [-0.4, -0.2) is 31.1 Å². The number of fused-ring (bicyclic) bond motifs is 3. The van der Waals surface area contributed by atoms with Gasteiger partial charge in [0.15, 0.2) is 9.76 Å². The SMILES string of the molecule is Cc1cc2ccc3c(c2cc1C)C(NC(=O)c1cc([N+](=O)[O-])cc([N+](=O)[O-])c1)C(CCCCCCCCCC(C)[SiH2]OC(C)(C)C)CC3. The van der Waals surface area contributed by atoms with Crippen molar-refractivity contribution < 1.29 is 19.1 Å². The van der Waals surface area contributed by atoms with Gasteiger partial charge < -0.3 is 9.74 Å². The highest BCUT2D eigenvalue weighted by molar-refractivity contribution is 6.29. The largest absolute Gasteiger partial charge is 0.419 e. The van der Waals surface area contributed by atoms with Gasteiger partial charge in [-0.3, -0.25) is 25.0 Å². The molecule has 0 radical (unpaired) electrons. The molecule has 1 N–H and O–H groups in total. The van der Waals surface area contributed by atoms with Crippen LogP contribution in [0.25, 0.3) is 10.8 Å². The molecule has 4 rings (SSSR count). The first-order valence-corrected chi connectivity index (χ1v) is 19.0. The van der Waals surface area contributed by atoms with E-state index >= 15 is 0 Å².